The maximum atomic E-state index is 13.1. The fourth-order valence-corrected chi connectivity index (χ4v) is 40.6. The SMILES string of the molecule is CC(C)(C)OP(=O)(OC(C)(C)C)SCCN1CCCCC1.CC(C)(C)OP(=O)(OC(C)(C)C)SCCOC(=O)C(C)(C)CCN1CCCCC1.CC(C)(C)OP(=O)(OC(C)(C)C)SCN1CCCCC1.CC(C)(C)OP([O-])(=S)OC(C)(C)C.CCCSP(=O)(OC(C)(C)C)OC(C)(C)C.CCCSP(=O)(OC(C)(C)C)OC(C)(C)C.COCSP(=O)(OC(C)(C)C)OC(C)(C)C. The second-order valence-corrected chi connectivity index (χ2v) is 73.4. The molecule has 27 nitrogen and oxygen atoms in total. The minimum Gasteiger partial charge on any atom is -0.780 e. The van der Waals surface area contributed by atoms with Crippen molar-refractivity contribution in [3.05, 3.63) is 0 Å². The summed E-state index contributed by atoms with van der Waals surface area (Å²) in [5, 5.41) is 0. The lowest BCUT2D eigenvalue weighted by molar-refractivity contribution is -0.222. The van der Waals surface area contributed by atoms with Crippen molar-refractivity contribution >= 4 is 134 Å². The monoisotopic (exact) mass is 2140 g/mol. The van der Waals surface area contributed by atoms with E-state index in [1.807, 2.05) is 277 Å². The molecule has 0 aliphatic carbocycles. The Morgan fingerprint density at radius 3 is 0.725 bits per heavy atom. The Morgan fingerprint density at radius 2 is 0.496 bits per heavy atom. The molecule has 0 radical (unpaired) electrons. The molecule has 3 saturated heterocycles. The molecule has 0 aromatic rings. The van der Waals surface area contributed by atoms with Gasteiger partial charge in [0.05, 0.1) is 89.7 Å². The van der Waals surface area contributed by atoms with Gasteiger partial charge >= 0.3 is 46.8 Å². The minimum atomic E-state index is -3.38. The van der Waals surface area contributed by atoms with Crippen molar-refractivity contribution < 1.29 is 110 Å². The number of rotatable bonds is 38. The van der Waals surface area contributed by atoms with Crippen molar-refractivity contribution in [3.8, 4) is 0 Å². The summed E-state index contributed by atoms with van der Waals surface area (Å²) >= 11 is 12.1. The van der Waals surface area contributed by atoms with E-state index in [0.717, 1.165) is 112 Å². The Bertz CT molecular complexity index is 3210. The molecule has 0 saturated carbocycles. The highest BCUT2D eigenvalue weighted by molar-refractivity contribution is 8.56. The van der Waals surface area contributed by atoms with Crippen molar-refractivity contribution in [2.75, 3.05) is 101 Å². The number of hydrogen-bond acceptors (Lipinski definition) is 34. The predicted molar refractivity (Wildman–Crippen MR) is 569 cm³/mol. The van der Waals surface area contributed by atoms with Gasteiger partial charge in [-0.15, -0.1) is 0 Å². The molecule has 3 aliphatic rings. The van der Waals surface area contributed by atoms with E-state index in [2.05, 4.69) is 14.7 Å². The lowest BCUT2D eigenvalue weighted by atomic mass is 9.89. The van der Waals surface area contributed by atoms with Gasteiger partial charge in [-0.2, -0.15) is 0 Å². The quantitative estimate of drug-likeness (QED) is 0.0240. The smallest absolute Gasteiger partial charge is 0.392 e. The normalized spacial score (nSPS) is 16.5. The topological polar surface area (TPSA) is 300 Å². The molecular weight excluding hydrogens is 1950 g/mol. The number of carbonyl (C=O) groups is 1. The molecule has 0 amide bonds. The van der Waals surface area contributed by atoms with E-state index in [0.29, 0.717) is 11.6 Å². The highest BCUT2D eigenvalue weighted by Gasteiger charge is 2.43. The van der Waals surface area contributed by atoms with Crippen LogP contribution in [0.5, 0.6) is 0 Å². The summed E-state index contributed by atoms with van der Waals surface area (Å²) in [5.41, 5.74) is -7.55. The first-order chi connectivity index (χ1) is 57.9. The summed E-state index contributed by atoms with van der Waals surface area (Å²) in [7, 11) is 1.55. The first-order valence-corrected chi connectivity index (χ1v) is 67.8. The lowest BCUT2D eigenvalue weighted by Crippen LogP contribution is -2.36. The molecule has 0 aromatic carbocycles. The average molecular weight is 2140 g/mol. The Hall–Kier alpha value is 2.84. The number of hydrogen-bond donors (Lipinski definition) is 0. The summed E-state index contributed by atoms with van der Waals surface area (Å²) in [5.74, 6) is 3.49. The van der Waals surface area contributed by atoms with E-state index in [4.69, 9.17) is 84.6 Å². The van der Waals surface area contributed by atoms with Crippen LogP contribution in [0.25, 0.3) is 0 Å². The first kappa shape index (κ1) is 140. The van der Waals surface area contributed by atoms with Crippen LogP contribution in [0.4, 0.5) is 0 Å². The summed E-state index contributed by atoms with van der Waals surface area (Å²) in [6, 6.07) is 0. The summed E-state index contributed by atoms with van der Waals surface area (Å²) in [6.07, 6.45) is 14.1. The molecule has 3 rings (SSSR count). The second kappa shape index (κ2) is 60.2. The molecule has 0 N–H and O–H groups in total. The number of ether oxygens (including phenoxy) is 2. The van der Waals surface area contributed by atoms with Crippen LogP contribution in [0.15, 0.2) is 0 Å². The van der Waals surface area contributed by atoms with Crippen LogP contribution in [0.3, 0.4) is 0 Å². The van der Waals surface area contributed by atoms with Gasteiger partial charge in [-0.05, 0) is 477 Å². The minimum absolute atomic E-state index is 0.182. The van der Waals surface area contributed by atoms with Crippen LogP contribution in [0.1, 0.15) is 396 Å². The van der Waals surface area contributed by atoms with Gasteiger partial charge in [0.15, 0.2) is 0 Å². The van der Waals surface area contributed by atoms with Crippen molar-refractivity contribution in [2.45, 2.75) is 474 Å². The Balaban J connectivity index is -0.000000729. The summed E-state index contributed by atoms with van der Waals surface area (Å²) in [4.78, 5) is 31.4. The van der Waals surface area contributed by atoms with Gasteiger partial charge in [-0.3, -0.25) is 64.0 Å². The fraction of sp³-hybridized carbons (Fsp3) is 0.989. The zero-order chi connectivity index (χ0) is 104. The van der Waals surface area contributed by atoms with Crippen LogP contribution in [0, 0.1) is 5.41 Å². The molecule has 792 valence electrons. The molecule has 3 fully saturated rings. The lowest BCUT2D eigenvalue weighted by Gasteiger charge is -2.38. The van der Waals surface area contributed by atoms with E-state index in [1.165, 1.54) is 103 Å². The zero-order valence-corrected chi connectivity index (χ0v) is 103. The van der Waals surface area contributed by atoms with E-state index >= 15 is 0 Å². The first-order valence-electron chi connectivity index (χ1n) is 46.5. The third-order valence-electron chi connectivity index (χ3n) is 14.2. The van der Waals surface area contributed by atoms with E-state index in [1.54, 1.807) is 48.7 Å². The number of esters is 1. The molecule has 3 heterocycles. The molecular formula is C90H195N3O24P7S7-. The van der Waals surface area contributed by atoms with E-state index in [-0.39, 0.29) is 18.5 Å². The van der Waals surface area contributed by atoms with Gasteiger partial charge in [0.1, 0.15) is 19.3 Å². The molecule has 0 spiro atoms. The van der Waals surface area contributed by atoms with Crippen molar-refractivity contribution in [1.82, 2.24) is 14.7 Å². The Labute approximate surface area is 832 Å². The fourth-order valence-electron chi connectivity index (χ4n) is 10.6. The van der Waals surface area contributed by atoms with Gasteiger partial charge in [-0.25, -0.2) is 27.4 Å². The molecule has 41 heteroatoms. The van der Waals surface area contributed by atoms with Crippen LogP contribution in [0.2, 0.25) is 0 Å². The Morgan fingerprint density at radius 1 is 0.290 bits per heavy atom. The number of nitrogens with zero attached hydrogens (tertiary/aromatic N) is 3. The molecule has 131 heavy (non-hydrogen) atoms. The van der Waals surface area contributed by atoms with Gasteiger partial charge in [0.25, 0.3) is 0 Å². The summed E-state index contributed by atoms with van der Waals surface area (Å²) in [6.45, 7) is 72.9. The third kappa shape index (κ3) is 90.1. The van der Waals surface area contributed by atoms with Crippen LogP contribution >= 0.6 is 116 Å². The molecule has 0 atom stereocenters. The number of carbonyl (C=O) groups excluding carboxylic acids is 1. The number of piperidine rings is 3. The predicted octanol–water partition coefficient (Wildman–Crippen LogP) is 31.7. The van der Waals surface area contributed by atoms with Crippen LogP contribution in [-0.4, -0.2) is 200 Å². The molecule has 0 aromatic heterocycles. The van der Waals surface area contributed by atoms with E-state index < -0.39 is 131 Å². The van der Waals surface area contributed by atoms with Gasteiger partial charge < -0.3 is 33.2 Å². The molecule has 3 aliphatic heterocycles. The maximum absolute atomic E-state index is 13.1. The molecule has 0 bridgehead atoms. The summed E-state index contributed by atoms with van der Waals surface area (Å²) < 4.78 is 165. The van der Waals surface area contributed by atoms with Crippen LogP contribution in [-0.2, 0) is 117 Å². The van der Waals surface area contributed by atoms with Crippen molar-refractivity contribution in [2.24, 2.45) is 5.41 Å². The maximum Gasteiger partial charge on any atom is 0.392 e. The second-order valence-electron chi connectivity index (χ2n) is 46.9. The average Bonchev–Trinajstić information content (AvgIpc) is 0.863. The largest absolute Gasteiger partial charge is 0.780 e. The number of methoxy groups -OCH3 is 1. The zero-order valence-electron chi connectivity index (χ0n) is 91.2. The van der Waals surface area contributed by atoms with Crippen LogP contribution < -0.4 is 4.89 Å². The van der Waals surface area contributed by atoms with Gasteiger partial charge in [0, 0.05) is 36.7 Å². The number of likely N-dealkylation sites (tertiary alicyclic amines) is 3. The molecule has 0 unspecified atom stereocenters. The van der Waals surface area contributed by atoms with Crippen molar-refractivity contribution in [1.29, 1.82) is 0 Å². The van der Waals surface area contributed by atoms with Crippen molar-refractivity contribution in [3.63, 3.8) is 0 Å². The van der Waals surface area contributed by atoms with E-state index in [9.17, 15) is 37.1 Å². The highest BCUT2D eigenvalue weighted by atomic mass is 32.7. The van der Waals surface area contributed by atoms with Gasteiger partial charge in [0.2, 0.25) is 0 Å². The highest BCUT2D eigenvalue weighted by Crippen LogP contribution is 2.70. The standard InChI is InChI=1S/C21H42NO5PS.C15H32NO3PS.C14H30NO3PS.2C11H25O3PS.C10H23O4PS.C8H19O3PS/c1-19(2,3)26-28(24,27-20(4,5)6)29-17-16-25-18(23)21(7,8)12-15-22-13-10-9-11-14-22;1-14(2,3)18-20(17,19-15(4,5)6)21-13-12-16-10-8-7-9-11-16;1-13(2,3)17-19(16,18-14(4,5)6)20-12-15-10-8-7-9-11-15;2*1-8-9-16-15(12,13-10(2,3)4)14-11(5,6)7;1-9(2,3)13-15(11,16-8-12-7)14-10(4,5)6;1-7(2,3)10-12(9,13)11-8(4,5)6/h9-17H2,1-8H3;7-13H2,1-6H3;7-12H2,1-6H3;2*8-9H2,1-7H3;8H2,1-7H3;1-6H3,(H,9,13)/p-1. The third-order valence-corrected chi connectivity index (χ3v) is 41.3. The Kier molecular flexibility index (Phi) is 64.4. The van der Waals surface area contributed by atoms with Gasteiger partial charge in [-0.1, -0.05) is 44.9 Å².